The van der Waals surface area contributed by atoms with Crippen molar-refractivity contribution in [3.8, 4) is 10.7 Å². The van der Waals surface area contributed by atoms with E-state index in [9.17, 15) is 14.0 Å². The van der Waals surface area contributed by atoms with Crippen LogP contribution in [0.1, 0.15) is 34.0 Å². The number of esters is 1. The molecule has 0 saturated carbocycles. The summed E-state index contributed by atoms with van der Waals surface area (Å²) in [5.74, 6) is -1.40. The van der Waals surface area contributed by atoms with Crippen molar-refractivity contribution in [2.75, 3.05) is 6.61 Å². The van der Waals surface area contributed by atoms with Gasteiger partial charge >= 0.3 is 5.97 Å². The minimum atomic E-state index is -0.651. The normalized spacial score (nSPS) is 10.3. The Bertz CT molecular complexity index is 652. The molecular weight excluding hydrogens is 283 g/mol. The number of aromatic nitrogens is 2. The summed E-state index contributed by atoms with van der Waals surface area (Å²) in [6.45, 7) is 3.20. The van der Waals surface area contributed by atoms with Crippen molar-refractivity contribution in [2.45, 2.75) is 13.8 Å². The van der Waals surface area contributed by atoms with Crippen LogP contribution in [0.5, 0.6) is 0 Å². The number of thiazole rings is 1. The van der Waals surface area contributed by atoms with Crippen molar-refractivity contribution >= 4 is 23.1 Å². The number of carbonyl (C=O) groups excluding carboxylic acids is 2. The summed E-state index contributed by atoms with van der Waals surface area (Å²) in [5, 5.41) is 0.373. The Hall–Kier alpha value is -2.15. The highest BCUT2D eigenvalue weighted by Crippen LogP contribution is 2.27. The molecule has 0 saturated heterocycles. The molecule has 0 aromatic carbocycles. The largest absolute Gasteiger partial charge is 0.461 e. The summed E-state index contributed by atoms with van der Waals surface area (Å²) >= 11 is 1.03. The van der Waals surface area contributed by atoms with Gasteiger partial charge in [-0.2, -0.15) is 0 Å². The highest BCUT2D eigenvalue weighted by Gasteiger charge is 2.23. The third-order valence-electron chi connectivity index (χ3n) is 2.36. The zero-order chi connectivity index (χ0) is 14.7. The van der Waals surface area contributed by atoms with Gasteiger partial charge in [0.25, 0.3) is 0 Å². The van der Waals surface area contributed by atoms with Crippen LogP contribution in [0.15, 0.2) is 18.3 Å². The van der Waals surface area contributed by atoms with Crippen molar-refractivity contribution in [1.29, 1.82) is 0 Å². The average Bonchev–Trinajstić information content (AvgIpc) is 2.85. The monoisotopic (exact) mass is 294 g/mol. The van der Waals surface area contributed by atoms with Crippen molar-refractivity contribution in [1.82, 2.24) is 9.97 Å². The van der Waals surface area contributed by atoms with Crippen LogP contribution < -0.4 is 0 Å². The summed E-state index contributed by atoms with van der Waals surface area (Å²) in [5.41, 5.74) is 0.375. The van der Waals surface area contributed by atoms with Crippen LogP contribution in [-0.4, -0.2) is 28.3 Å². The molecule has 5 nitrogen and oxygen atoms in total. The van der Waals surface area contributed by atoms with E-state index in [-0.39, 0.29) is 23.0 Å². The van der Waals surface area contributed by atoms with Gasteiger partial charge in [0.1, 0.15) is 15.7 Å². The van der Waals surface area contributed by atoms with Crippen LogP contribution in [0.3, 0.4) is 0 Å². The van der Waals surface area contributed by atoms with Gasteiger partial charge in [0.05, 0.1) is 18.5 Å². The van der Waals surface area contributed by atoms with E-state index in [0.29, 0.717) is 10.7 Å². The summed E-state index contributed by atoms with van der Waals surface area (Å²) in [7, 11) is 0. The fourth-order valence-corrected chi connectivity index (χ4v) is 2.43. The summed E-state index contributed by atoms with van der Waals surface area (Å²) in [6.07, 6.45) is 1.05. The van der Waals surface area contributed by atoms with E-state index in [1.54, 1.807) is 6.92 Å². The smallest absolute Gasteiger partial charge is 0.358 e. The molecule has 0 atom stereocenters. The molecule has 2 aromatic heterocycles. The summed E-state index contributed by atoms with van der Waals surface area (Å²) in [6, 6.07) is 2.67. The highest BCUT2D eigenvalue weighted by molar-refractivity contribution is 7.17. The molecule has 0 unspecified atom stereocenters. The number of hydrogen-bond acceptors (Lipinski definition) is 6. The molecule has 2 aromatic rings. The Morgan fingerprint density at radius 2 is 2.15 bits per heavy atom. The molecule has 2 heterocycles. The summed E-state index contributed by atoms with van der Waals surface area (Å²) < 4.78 is 17.7. The van der Waals surface area contributed by atoms with E-state index in [1.807, 2.05) is 0 Å². The molecule has 0 aliphatic heterocycles. The number of halogens is 1. The Morgan fingerprint density at radius 1 is 1.40 bits per heavy atom. The Balaban J connectivity index is 2.46. The quantitative estimate of drug-likeness (QED) is 0.640. The van der Waals surface area contributed by atoms with Crippen molar-refractivity contribution in [3.63, 3.8) is 0 Å². The lowest BCUT2D eigenvalue weighted by Crippen LogP contribution is -2.09. The lowest BCUT2D eigenvalue weighted by atomic mass is 10.3. The maximum atomic E-state index is 12.8. The first kappa shape index (κ1) is 14.3. The number of ketones is 1. The SMILES string of the molecule is CCOC(=O)c1nc(-c2ccc(F)cn2)sc1C(C)=O. The molecular formula is C13H11FN2O3S. The second-order valence-corrected chi connectivity index (χ2v) is 4.83. The zero-order valence-corrected chi connectivity index (χ0v) is 11.7. The van der Waals surface area contributed by atoms with Crippen LogP contribution >= 0.6 is 11.3 Å². The van der Waals surface area contributed by atoms with E-state index in [1.165, 1.54) is 19.1 Å². The molecule has 0 aliphatic rings. The third-order valence-corrected chi connectivity index (χ3v) is 3.54. The molecule has 0 aliphatic carbocycles. The van der Waals surface area contributed by atoms with Gasteiger partial charge < -0.3 is 4.74 Å². The van der Waals surface area contributed by atoms with Crippen LogP contribution in [0.25, 0.3) is 10.7 Å². The van der Waals surface area contributed by atoms with Gasteiger partial charge in [-0.1, -0.05) is 0 Å². The molecule has 0 spiro atoms. The molecule has 0 bridgehead atoms. The first-order valence-corrected chi connectivity index (χ1v) is 6.65. The van der Waals surface area contributed by atoms with E-state index >= 15 is 0 Å². The Kier molecular flexibility index (Phi) is 4.19. The fraction of sp³-hybridized carbons (Fsp3) is 0.231. The number of rotatable bonds is 4. The Morgan fingerprint density at radius 3 is 2.70 bits per heavy atom. The molecule has 104 valence electrons. The Labute approximate surface area is 118 Å². The first-order chi connectivity index (χ1) is 9.52. The standard InChI is InChI=1S/C13H11FN2O3S/c1-3-19-13(18)10-11(7(2)17)20-12(16-10)9-5-4-8(14)6-15-9/h4-6H,3H2,1-2H3. The second kappa shape index (κ2) is 5.87. The van der Waals surface area contributed by atoms with E-state index in [2.05, 4.69) is 9.97 Å². The van der Waals surface area contributed by atoms with Crippen LogP contribution in [0.4, 0.5) is 4.39 Å². The van der Waals surface area contributed by atoms with Crippen LogP contribution in [0, 0.1) is 5.82 Å². The van der Waals surface area contributed by atoms with Crippen molar-refractivity contribution in [2.24, 2.45) is 0 Å². The zero-order valence-electron chi connectivity index (χ0n) is 10.8. The topological polar surface area (TPSA) is 69.2 Å². The van der Waals surface area contributed by atoms with Gasteiger partial charge in [0.2, 0.25) is 0 Å². The average molecular weight is 294 g/mol. The number of nitrogens with zero attached hydrogens (tertiary/aromatic N) is 2. The molecule has 0 N–H and O–H groups in total. The molecule has 2 rings (SSSR count). The van der Waals surface area contributed by atoms with Gasteiger partial charge in [-0.15, -0.1) is 11.3 Å². The molecule has 0 radical (unpaired) electrons. The maximum Gasteiger partial charge on any atom is 0.358 e. The first-order valence-electron chi connectivity index (χ1n) is 5.83. The predicted molar refractivity (Wildman–Crippen MR) is 71.3 cm³/mol. The second-order valence-electron chi connectivity index (χ2n) is 3.84. The number of Topliss-reactive ketones (excluding diaryl/α,β-unsaturated/α-hetero) is 1. The molecule has 0 amide bonds. The van der Waals surface area contributed by atoms with Crippen molar-refractivity contribution in [3.05, 3.63) is 34.7 Å². The number of pyridine rings is 1. The number of carbonyl (C=O) groups is 2. The van der Waals surface area contributed by atoms with Crippen LogP contribution in [0.2, 0.25) is 0 Å². The minimum absolute atomic E-state index is 0.0227. The fourth-order valence-electron chi connectivity index (χ4n) is 1.51. The van der Waals surface area contributed by atoms with Gasteiger partial charge in [0.15, 0.2) is 11.5 Å². The summed E-state index contributed by atoms with van der Waals surface area (Å²) in [4.78, 5) is 31.5. The van der Waals surface area contributed by atoms with Gasteiger partial charge in [-0.05, 0) is 19.1 Å². The lowest BCUT2D eigenvalue weighted by molar-refractivity contribution is 0.0517. The van der Waals surface area contributed by atoms with Gasteiger partial charge in [-0.3, -0.25) is 9.78 Å². The molecule has 0 fully saturated rings. The maximum absolute atomic E-state index is 12.8. The third kappa shape index (κ3) is 2.88. The van der Waals surface area contributed by atoms with Crippen LogP contribution in [-0.2, 0) is 4.74 Å². The molecule has 7 heteroatoms. The van der Waals surface area contributed by atoms with Gasteiger partial charge in [-0.25, -0.2) is 14.2 Å². The highest BCUT2D eigenvalue weighted by atomic mass is 32.1. The van der Waals surface area contributed by atoms with E-state index < -0.39 is 11.8 Å². The number of ether oxygens (including phenoxy) is 1. The predicted octanol–water partition coefficient (Wildman–Crippen LogP) is 2.72. The van der Waals surface area contributed by atoms with Gasteiger partial charge in [0, 0.05) is 6.92 Å². The van der Waals surface area contributed by atoms with Crippen molar-refractivity contribution < 1.29 is 18.7 Å². The lowest BCUT2D eigenvalue weighted by Gasteiger charge is -1.98. The number of hydrogen-bond donors (Lipinski definition) is 0. The molecule has 20 heavy (non-hydrogen) atoms. The van der Waals surface area contributed by atoms with E-state index in [0.717, 1.165) is 17.5 Å². The minimum Gasteiger partial charge on any atom is -0.461 e. The van der Waals surface area contributed by atoms with E-state index in [4.69, 9.17) is 4.74 Å².